The molecular formula is C17H26ClN3O. The molecule has 0 aromatic heterocycles. The van der Waals surface area contributed by atoms with Gasteiger partial charge in [-0.05, 0) is 43.0 Å². The second-order valence-corrected chi connectivity index (χ2v) is 6.55. The average molecular weight is 324 g/mol. The predicted octanol–water partition coefficient (Wildman–Crippen LogP) is 1.53. The number of likely N-dealkylation sites (N-methyl/N-ethyl adjacent to an activating group) is 1. The zero-order valence-electron chi connectivity index (χ0n) is 13.4. The molecule has 1 aromatic rings. The van der Waals surface area contributed by atoms with Crippen molar-refractivity contribution in [3.63, 3.8) is 0 Å². The van der Waals surface area contributed by atoms with Crippen molar-refractivity contribution in [1.82, 2.24) is 15.1 Å². The van der Waals surface area contributed by atoms with Gasteiger partial charge >= 0.3 is 0 Å². The molecule has 2 aliphatic heterocycles. The van der Waals surface area contributed by atoms with Gasteiger partial charge in [0.1, 0.15) is 0 Å². The highest BCUT2D eigenvalue weighted by Gasteiger charge is 2.36. The third-order valence-corrected chi connectivity index (χ3v) is 4.92. The normalized spacial score (nSPS) is 23.9. The molecule has 122 valence electrons. The maximum atomic E-state index is 12.4. The van der Waals surface area contributed by atoms with E-state index in [1.54, 1.807) is 0 Å². The Kier molecular flexibility index (Phi) is 5.84. The van der Waals surface area contributed by atoms with E-state index in [1.165, 1.54) is 11.1 Å². The Labute approximate surface area is 139 Å². The number of fused-ring (bicyclic) bond motifs is 1. The Morgan fingerprint density at radius 3 is 2.55 bits per heavy atom. The number of rotatable bonds is 4. The van der Waals surface area contributed by atoms with Crippen molar-refractivity contribution >= 4 is 18.3 Å². The van der Waals surface area contributed by atoms with E-state index in [1.807, 2.05) is 24.1 Å². The summed E-state index contributed by atoms with van der Waals surface area (Å²) in [6.07, 6.45) is 0. The number of halogens is 1. The lowest BCUT2D eigenvalue weighted by atomic mass is 10.0. The molecule has 22 heavy (non-hydrogen) atoms. The third-order valence-electron chi connectivity index (χ3n) is 4.92. The fourth-order valence-corrected chi connectivity index (χ4v) is 3.52. The minimum atomic E-state index is 0. The second-order valence-electron chi connectivity index (χ2n) is 6.55. The molecule has 2 heterocycles. The maximum Gasteiger partial charge on any atom is 0.236 e. The number of amides is 1. The summed E-state index contributed by atoms with van der Waals surface area (Å²) in [5, 5.41) is 3.44. The van der Waals surface area contributed by atoms with Crippen molar-refractivity contribution in [3.8, 4) is 0 Å². The van der Waals surface area contributed by atoms with E-state index in [0.29, 0.717) is 13.1 Å². The number of carbonyl (C=O) groups is 1. The summed E-state index contributed by atoms with van der Waals surface area (Å²) in [6.45, 7) is 7.75. The van der Waals surface area contributed by atoms with E-state index in [9.17, 15) is 4.79 Å². The second kappa shape index (κ2) is 7.44. The van der Waals surface area contributed by atoms with Crippen molar-refractivity contribution in [2.24, 2.45) is 11.8 Å². The summed E-state index contributed by atoms with van der Waals surface area (Å²) in [6, 6.07) is 8.28. The lowest BCUT2D eigenvalue weighted by Gasteiger charge is -2.23. The largest absolute Gasteiger partial charge is 0.340 e. The summed E-state index contributed by atoms with van der Waals surface area (Å²) in [4.78, 5) is 16.6. The van der Waals surface area contributed by atoms with E-state index < -0.39 is 0 Å². The molecule has 0 aliphatic carbocycles. The smallest absolute Gasteiger partial charge is 0.236 e. The van der Waals surface area contributed by atoms with Crippen LogP contribution in [0.25, 0.3) is 0 Å². The molecular weight excluding hydrogens is 298 g/mol. The summed E-state index contributed by atoms with van der Waals surface area (Å²) in [5.74, 6) is 1.73. The van der Waals surface area contributed by atoms with Gasteiger partial charge in [-0.25, -0.2) is 0 Å². The first-order valence-corrected chi connectivity index (χ1v) is 7.85. The molecule has 0 bridgehead atoms. The Hall–Kier alpha value is -1.10. The molecule has 4 nitrogen and oxygen atoms in total. The van der Waals surface area contributed by atoms with Crippen LogP contribution in [0.15, 0.2) is 24.3 Å². The van der Waals surface area contributed by atoms with E-state index in [2.05, 4.69) is 29.3 Å². The van der Waals surface area contributed by atoms with E-state index in [4.69, 9.17) is 0 Å². The molecule has 1 N–H and O–H groups in total. The fourth-order valence-electron chi connectivity index (χ4n) is 3.52. The number of aryl methyl sites for hydroxylation is 1. The van der Waals surface area contributed by atoms with Gasteiger partial charge in [-0.2, -0.15) is 0 Å². The van der Waals surface area contributed by atoms with Crippen LogP contribution >= 0.6 is 12.4 Å². The number of carbonyl (C=O) groups excluding carboxylic acids is 1. The van der Waals surface area contributed by atoms with Crippen LogP contribution in [0.1, 0.15) is 11.1 Å². The minimum absolute atomic E-state index is 0. The highest BCUT2D eigenvalue weighted by Crippen LogP contribution is 2.26. The van der Waals surface area contributed by atoms with Crippen LogP contribution < -0.4 is 5.32 Å². The minimum Gasteiger partial charge on any atom is -0.340 e. The first-order valence-electron chi connectivity index (χ1n) is 7.85. The zero-order valence-corrected chi connectivity index (χ0v) is 14.2. The van der Waals surface area contributed by atoms with Crippen LogP contribution in [-0.2, 0) is 11.3 Å². The number of hydrogen-bond acceptors (Lipinski definition) is 3. The van der Waals surface area contributed by atoms with Crippen LogP contribution in [-0.4, -0.2) is 55.5 Å². The lowest BCUT2D eigenvalue weighted by molar-refractivity contribution is -0.131. The van der Waals surface area contributed by atoms with E-state index in [0.717, 1.165) is 38.0 Å². The molecule has 1 amide bonds. The molecule has 0 unspecified atom stereocenters. The monoisotopic (exact) mass is 323 g/mol. The Bertz CT molecular complexity index is 510. The van der Waals surface area contributed by atoms with Gasteiger partial charge in [0.15, 0.2) is 0 Å². The van der Waals surface area contributed by atoms with Gasteiger partial charge in [-0.3, -0.25) is 9.69 Å². The molecule has 5 heteroatoms. The van der Waals surface area contributed by atoms with Gasteiger partial charge < -0.3 is 10.2 Å². The van der Waals surface area contributed by atoms with Gasteiger partial charge in [0.05, 0.1) is 6.54 Å². The van der Waals surface area contributed by atoms with Crippen molar-refractivity contribution in [3.05, 3.63) is 35.4 Å². The Morgan fingerprint density at radius 2 is 1.91 bits per heavy atom. The molecule has 2 fully saturated rings. The molecule has 2 aliphatic rings. The summed E-state index contributed by atoms with van der Waals surface area (Å²) in [5.41, 5.74) is 2.48. The maximum absolute atomic E-state index is 12.4. The van der Waals surface area contributed by atoms with Crippen molar-refractivity contribution in [2.75, 3.05) is 39.8 Å². The highest BCUT2D eigenvalue weighted by atomic mass is 35.5. The predicted molar refractivity (Wildman–Crippen MR) is 91.2 cm³/mol. The summed E-state index contributed by atoms with van der Waals surface area (Å²) >= 11 is 0. The number of benzene rings is 1. The van der Waals surface area contributed by atoms with E-state index >= 15 is 0 Å². The molecule has 3 rings (SSSR count). The summed E-state index contributed by atoms with van der Waals surface area (Å²) < 4.78 is 0. The molecule has 2 saturated heterocycles. The van der Waals surface area contributed by atoms with Gasteiger partial charge in [0, 0.05) is 26.7 Å². The Balaban J connectivity index is 0.00000176. The van der Waals surface area contributed by atoms with Crippen LogP contribution in [0.5, 0.6) is 0 Å². The van der Waals surface area contributed by atoms with Gasteiger partial charge in [0.2, 0.25) is 5.91 Å². The standard InChI is InChI=1S/C17H25N3O.ClH/c1-13-5-3-4-6-14(13)9-19(2)17(21)12-20-10-15-7-18-8-16(15)11-20;/h3-6,15-16,18H,7-12H2,1-2H3;1H/t15-,16+;. The van der Waals surface area contributed by atoms with Crippen LogP contribution in [0.3, 0.4) is 0 Å². The van der Waals surface area contributed by atoms with Gasteiger partial charge in [-0.1, -0.05) is 24.3 Å². The molecule has 0 spiro atoms. The van der Waals surface area contributed by atoms with Crippen molar-refractivity contribution in [2.45, 2.75) is 13.5 Å². The van der Waals surface area contributed by atoms with E-state index in [-0.39, 0.29) is 18.3 Å². The van der Waals surface area contributed by atoms with Crippen LogP contribution in [0.2, 0.25) is 0 Å². The quantitative estimate of drug-likeness (QED) is 0.912. The molecule has 0 saturated carbocycles. The molecule has 1 aromatic carbocycles. The summed E-state index contributed by atoms with van der Waals surface area (Å²) in [7, 11) is 1.91. The SMILES string of the molecule is Cc1ccccc1CN(C)C(=O)CN1C[C@H]2CNC[C@H]2C1.Cl. The van der Waals surface area contributed by atoms with Crippen LogP contribution in [0, 0.1) is 18.8 Å². The highest BCUT2D eigenvalue weighted by molar-refractivity contribution is 5.85. The Morgan fingerprint density at radius 1 is 1.27 bits per heavy atom. The first-order chi connectivity index (χ1) is 10.1. The number of nitrogens with one attached hydrogen (secondary N) is 1. The number of hydrogen-bond donors (Lipinski definition) is 1. The third kappa shape index (κ3) is 3.80. The number of likely N-dealkylation sites (tertiary alicyclic amines) is 1. The average Bonchev–Trinajstić information content (AvgIpc) is 3.02. The zero-order chi connectivity index (χ0) is 14.8. The van der Waals surface area contributed by atoms with Crippen molar-refractivity contribution < 1.29 is 4.79 Å². The first kappa shape index (κ1) is 17.3. The lowest BCUT2D eigenvalue weighted by Crippen LogP contribution is -2.38. The topological polar surface area (TPSA) is 35.6 Å². The number of nitrogens with zero attached hydrogens (tertiary/aromatic N) is 2. The molecule has 2 atom stereocenters. The van der Waals surface area contributed by atoms with Crippen LogP contribution in [0.4, 0.5) is 0 Å². The van der Waals surface area contributed by atoms with Gasteiger partial charge in [-0.15, -0.1) is 12.4 Å². The molecule has 0 radical (unpaired) electrons. The van der Waals surface area contributed by atoms with Gasteiger partial charge in [0.25, 0.3) is 0 Å². The fraction of sp³-hybridized carbons (Fsp3) is 0.588. The van der Waals surface area contributed by atoms with Crippen molar-refractivity contribution in [1.29, 1.82) is 0 Å².